The molecule has 1 heterocycles. The number of nitrogens with zero attached hydrogens (tertiary/aromatic N) is 1. The molecule has 1 aliphatic carbocycles. The van der Waals surface area contributed by atoms with E-state index in [1.54, 1.807) is 0 Å². The monoisotopic (exact) mass is 356 g/mol. The number of hydrogen-bond acceptors (Lipinski definition) is 5. The molecule has 25 heavy (non-hydrogen) atoms. The molecule has 1 fully saturated rings. The smallest absolute Gasteiger partial charge is 0.388 e. The van der Waals surface area contributed by atoms with E-state index < -0.39 is 17.5 Å². The first kappa shape index (κ1) is 17.5. The van der Waals surface area contributed by atoms with Crippen LogP contribution in [0.4, 0.5) is 18.9 Å². The minimum Gasteiger partial charge on any atom is -0.388 e. The van der Waals surface area contributed by atoms with Gasteiger partial charge >= 0.3 is 11.9 Å². The SMILES string of the molecule is CNC1CC([C@H](C)Nc2cc(-c3n[nH]c(=O)o3)ccc2C(F)(F)F)C1. The van der Waals surface area contributed by atoms with Crippen molar-refractivity contribution in [3.05, 3.63) is 34.3 Å². The van der Waals surface area contributed by atoms with E-state index in [0.29, 0.717) is 17.5 Å². The zero-order chi connectivity index (χ0) is 18.2. The average Bonchev–Trinajstić information content (AvgIpc) is 2.91. The van der Waals surface area contributed by atoms with Crippen LogP contribution in [0.3, 0.4) is 0 Å². The number of halogens is 3. The predicted octanol–water partition coefficient (Wildman–Crippen LogP) is 2.85. The van der Waals surface area contributed by atoms with Gasteiger partial charge in [-0.15, -0.1) is 5.10 Å². The summed E-state index contributed by atoms with van der Waals surface area (Å²) in [4.78, 5) is 11.1. The predicted molar refractivity (Wildman–Crippen MR) is 86.2 cm³/mol. The Morgan fingerprint density at radius 2 is 2.08 bits per heavy atom. The van der Waals surface area contributed by atoms with Gasteiger partial charge in [0, 0.05) is 23.3 Å². The van der Waals surface area contributed by atoms with Crippen LogP contribution in [0.1, 0.15) is 25.3 Å². The highest BCUT2D eigenvalue weighted by Gasteiger charge is 2.36. The lowest BCUT2D eigenvalue weighted by molar-refractivity contribution is -0.137. The summed E-state index contributed by atoms with van der Waals surface area (Å²) in [7, 11) is 1.88. The minimum atomic E-state index is -4.49. The largest absolute Gasteiger partial charge is 0.434 e. The van der Waals surface area contributed by atoms with E-state index in [-0.39, 0.29) is 17.6 Å². The van der Waals surface area contributed by atoms with Crippen LogP contribution in [0, 0.1) is 5.92 Å². The van der Waals surface area contributed by atoms with Gasteiger partial charge in [-0.05, 0) is 50.9 Å². The molecule has 1 atom stereocenters. The number of H-pyrrole nitrogens is 1. The van der Waals surface area contributed by atoms with E-state index >= 15 is 0 Å². The standard InChI is InChI=1S/C16H19F3N4O2/c1-8(10-5-11(6-10)20-2)21-13-7-9(14-22-23-15(24)25-14)3-4-12(13)16(17,18)19/h3-4,7-8,10-11,20-21H,5-6H2,1-2H3,(H,23,24)/t8-,10?,11?/m0/s1. The lowest BCUT2D eigenvalue weighted by Crippen LogP contribution is -2.45. The van der Waals surface area contributed by atoms with E-state index in [4.69, 9.17) is 4.42 Å². The van der Waals surface area contributed by atoms with Gasteiger partial charge in [0.2, 0.25) is 5.89 Å². The van der Waals surface area contributed by atoms with Crippen molar-refractivity contribution in [3.63, 3.8) is 0 Å². The van der Waals surface area contributed by atoms with E-state index in [1.165, 1.54) is 12.1 Å². The summed E-state index contributed by atoms with van der Waals surface area (Å²) in [5.74, 6) is -0.510. The van der Waals surface area contributed by atoms with Gasteiger partial charge < -0.3 is 15.1 Å². The molecule has 1 saturated carbocycles. The maximum Gasteiger partial charge on any atom is 0.434 e. The van der Waals surface area contributed by atoms with Crippen LogP contribution in [0.5, 0.6) is 0 Å². The van der Waals surface area contributed by atoms with Gasteiger partial charge in [-0.1, -0.05) is 0 Å². The van der Waals surface area contributed by atoms with E-state index in [1.807, 2.05) is 14.0 Å². The fraction of sp³-hybridized carbons (Fsp3) is 0.500. The van der Waals surface area contributed by atoms with Crippen molar-refractivity contribution in [3.8, 4) is 11.5 Å². The quantitative estimate of drug-likeness (QED) is 0.767. The zero-order valence-electron chi connectivity index (χ0n) is 13.8. The number of aromatic amines is 1. The lowest BCUT2D eigenvalue weighted by Gasteiger charge is -2.39. The molecular formula is C16H19F3N4O2. The third kappa shape index (κ3) is 3.71. The van der Waals surface area contributed by atoms with Gasteiger partial charge in [0.1, 0.15) is 0 Å². The Bertz CT molecular complexity index is 793. The Morgan fingerprint density at radius 1 is 1.36 bits per heavy atom. The lowest BCUT2D eigenvalue weighted by atomic mass is 9.76. The first-order chi connectivity index (χ1) is 11.8. The van der Waals surface area contributed by atoms with Crippen LogP contribution < -0.4 is 16.4 Å². The van der Waals surface area contributed by atoms with Crippen LogP contribution in [0.2, 0.25) is 0 Å². The fourth-order valence-corrected chi connectivity index (χ4v) is 3.07. The maximum absolute atomic E-state index is 13.3. The Kier molecular flexibility index (Phi) is 4.59. The van der Waals surface area contributed by atoms with Crippen LogP contribution in [-0.4, -0.2) is 29.3 Å². The zero-order valence-corrected chi connectivity index (χ0v) is 13.8. The van der Waals surface area contributed by atoms with Crippen LogP contribution in [-0.2, 0) is 6.18 Å². The minimum absolute atomic E-state index is 0.0453. The molecule has 0 amide bonds. The first-order valence-electron chi connectivity index (χ1n) is 7.99. The van der Waals surface area contributed by atoms with Crippen molar-refractivity contribution >= 4 is 5.69 Å². The van der Waals surface area contributed by atoms with Crippen LogP contribution in [0.15, 0.2) is 27.4 Å². The summed E-state index contributed by atoms with van der Waals surface area (Å²) in [5, 5.41) is 11.9. The second-order valence-corrected chi connectivity index (χ2v) is 6.33. The third-order valence-electron chi connectivity index (χ3n) is 4.68. The number of rotatable bonds is 5. The van der Waals surface area contributed by atoms with Gasteiger partial charge in [0.05, 0.1) is 5.56 Å². The average molecular weight is 356 g/mol. The second kappa shape index (κ2) is 6.55. The molecule has 3 N–H and O–H groups in total. The number of alkyl halides is 3. The topological polar surface area (TPSA) is 83.0 Å². The molecule has 0 bridgehead atoms. The van der Waals surface area contributed by atoms with Crippen LogP contribution in [0.25, 0.3) is 11.5 Å². The van der Waals surface area contributed by atoms with E-state index in [0.717, 1.165) is 18.9 Å². The van der Waals surface area contributed by atoms with E-state index in [9.17, 15) is 18.0 Å². The summed E-state index contributed by atoms with van der Waals surface area (Å²) in [6, 6.07) is 3.81. The van der Waals surface area contributed by atoms with Crippen molar-refractivity contribution in [2.24, 2.45) is 5.92 Å². The van der Waals surface area contributed by atoms with Gasteiger partial charge in [-0.2, -0.15) is 13.2 Å². The van der Waals surface area contributed by atoms with E-state index in [2.05, 4.69) is 20.8 Å². The number of hydrogen-bond donors (Lipinski definition) is 3. The highest BCUT2D eigenvalue weighted by atomic mass is 19.4. The van der Waals surface area contributed by atoms with Crippen molar-refractivity contribution in [2.45, 2.75) is 38.0 Å². The summed E-state index contributed by atoms with van der Waals surface area (Å²) in [6.07, 6.45) is -2.65. The summed E-state index contributed by atoms with van der Waals surface area (Å²) >= 11 is 0. The number of nitrogens with one attached hydrogen (secondary N) is 3. The molecule has 0 aliphatic heterocycles. The van der Waals surface area contributed by atoms with Gasteiger partial charge in [0.25, 0.3) is 0 Å². The molecule has 3 rings (SSSR count). The van der Waals surface area contributed by atoms with Crippen molar-refractivity contribution in [1.29, 1.82) is 0 Å². The fourth-order valence-electron chi connectivity index (χ4n) is 3.07. The number of aromatic nitrogens is 2. The van der Waals surface area contributed by atoms with Gasteiger partial charge in [-0.25, -0.2) is 9.89 Å². The molecular weight excluding hydrogens is 337 g/mol. The molecule has 0 radical (unpaired) electrons. The summed E-state index contributed by atoms with van der Waals surface area (Å²) in [5.41, 5.74) is -0.510. The normalized spacial score (nSPS) is 21.6. The number of benzene rings is 1. The molecule has 6 nitrogen and oxygen atoms in total. The molecule has 2 aromatic rings. The summed E-state index contributed by atoms with van der Waals surface area (Å²) < 4.78 is 44.7. The Morgan fingerprint density at radius 3 is 2.64 bits per heavy atom. The Labute approximate surface area is 141 Å². The molecule has 1 aromatic carbocycles. The third-order valence-corrected chi connectivity index (χ3v) is 4.68. The van der Waals surface area contributed by atoms with Crippen molar-refractivity contribution < 1.29 is 17.6 Å². The maximum atomic E-state index is 13.3. The summed E-state index contributed by atoms with van der Waals surface area (Å²) in [6.45, 7) is 1.87. The molecule has 9 heteroatoms. The molecule has 0 unspecified atom stereocenters. The highest BCUT2D eigenvalue weighted by molar-refractivity contribution is 5.65. The van der Waals surface area contributed by atoms with Gasteiger partial charge in [0.15, 0.2) is 0 Å². The Balaban J connectivity index is 1.87. The number of anilines is 1. The second-order valence-electron chi connectivity index (χ2n) is 6.33. The molecule has 136 valence electrons. The van der Waals surface area contributed by atoms with Gasteiger partial charge in [-0.3, -0.25) is 0 Å². The molecule has 1 aromatic heterocycles. The van der Waals surface area contributed by atoms with Crippen molar-refractivity contribution in [2.75, 3.05) is 12.4 Å². The molecule has 1 aliphatic rings. The van der Waals surface area contributed by atoms with Crippen molar-refractivity contribution in [1.82, 2.24) is 15.5 Å². The highest BCUT2D eigenvalue weighted by Crippen LogP contribution is 2.39. The van der Waals surface area contributed by atoms with Crippen LogP contribution >= 0.6 is 0 Å². The first-order valence-corrected chi connectivity index (χ1v) is 7.99. The molecule has 0 saturated heterocycles. The molecule has 0 spiro atoms. The Hall–Kier alpha value is -2.29.